The summed E-state index contributed by atoms with van der Waals surface area (Å²) in [4.78, 5) is 5.57. The van der Waals surface area contributed by atoms with Gasteiger partial charge in [0.15, 0.2) is 0 Å². The van der Waals surface area contributed by atoms with Crippen LogP contribution in [0, 0.1) is 0 Å². The maximum atomic E-state index is 2.78. The van der Waals surface area contributed by atoms with Crippen molar-refractivity contribution in [2.45, 2.75) is 233 Å². The average molecular weight is 647 g/mol. The monoisotopic (exact) mass is 647 g/mol. The molecule has 0 heterocycles. The van der Waals surface area contributed by atoms with Crippen LogP contribution in [0.1, 0.15) is 233 Å². The van der Waals surface area contributed by atoms with E-state index in [1.807, 2.05) is 0 Å². The zero-order chi connectivity index (χ0) is 33.4. The van der Waals surface area contributed by atoms with Crippen molar-refractivity contribution in [2.75, 3.05) is 39.3 Å². The van der Waals surface area contributed by atoms with Gasteiger partial charge >= 0.3 is 0 Å². The van der Waals surface area contributed by atoms with Gasteiger partial charge < -0.3 is 0 Å². The average Bonchev–Trinajstić information content (AvgIpc) is 3.07. The van der Waals surface area contributed by atoms with E-state index in [1.165, 1.54) is 232 Å². The summed E-state index contributed by atoms with van der Waals surface area (Å²) in [6, 6.07) is 0. The summed E-state index contributed by atoms with van der Waals surface area (Å²) in [5.74, 6) is 0. The Balaban J connectivity index is 4.61. The van der Waals surface area contributed by atoms with E-state index in [0.717, 1.165) is 13.1 Å². The van der Waals surface area contributed by atoms with Gasteiger partial charge in [0.25, 0.3) is 0 Å². The second-order valence-corrected chi connectivity index (χ2v) is 15.0. The minimum absolute atomic E-state index is 1.16. The highest BCUT2D eigenvalue weighted by Crippen LogP contribution is 2.13. The Morgan fingerprint density at radius 2 is 0.413 bits per heavy atom. The van der Waals surface area contributed by atoms with Crippen molar-refractivity contribution in [3.8, 4) is 0 Å². The lowest BCUT2D eigenvalue weighted by Crippen LogP contribution is -2.28. The van der Waals surface area contributed by atoms with Crippen LogP contribution in [0.25, 0.3) is 0 Å². The quantitative estimate of drug-likeness (QED) is 0.0483. The molecule has 0 aromatic carbocycles. The zero-order valence-electron chi connectivity index (χ0n) is 32.9. The molecule has 0 saturated carbocycles. The van der Waals surface area contributed by atoms with Crippen LogP contribution in [-0.2, 0) is 0 Å². The maximum Gasteiger partial charge on any atom is 0.0163 e. The third-order valence-corrected chi connectivity index (χ3v) is 10.2. The van der Waals surface area contributed by atoms with Crippen molar-refractivity contribution in [3.63, 3.8) is 0 Å². The van der Waals surface area contributed by atoms with Gasteiger partial charge in [0.1, 0.15) is 0 Å². The molecule has 0 radical (unpaired) electrons. The highest BCUT2D eigenvalue weighted by atomic mass is 15.1. The van der Waals surface area contributed by atoms with E-state index < -0.39 is 0 Å². The predicted octanol–water partition coefficient (Wildman–Crippen LogP) is 14.7. The van der Waals surface area contributed by atoms with Crippen molar-refractivity contribution in [2.24, 2.45) is 0 Å². The van der Waals surface area contributed by atoms with Gasteiger partial charge in [-0.25, -0.2) is 0 Å². The van der Waals surface area contributed by atoms with E-state index in [0.29, 0.717) is 0 Å². The Bertz CT molecular complexity index is 470. The minimum Gasteiger partial charge on any atom is -0.300 e. The van der Waals surface area contributed by atoms with E-state index in [2.05, 4.69) is 49.6 Å². The van der Waals surface area contributed by atoms with Crippen LogP contribution in [0.15, 0.2) is 12.2 Å². The number of nitrogens with zero attached hydrogens (tertiary/aromatic N) is 2. The molecule has 46 heavy (non-hydrogen) atoms. The Kier molecular flexibility index (Phi) is 40.5. The minimum atomic E-state index is 1.16. The van der Waals surface area contributed by atoms with E-state index in [4.69, 9.17) is 0 Å². The molecule has 0 aliphatic rings. The molecule has 0 rings (SSSR count). The number of hydrogen-bond acceptors (Lipinski definition) is 2. The lowest BCUT2D eigenvalue weighted by molar-refractivity contribution is 0.279. The first-order chi connectivity index (χ1) is 22.8. The lowest BCUT2D eigenvalue weighted by Gasteiger charge is -2.22. The smallest absolute Gasteiger partial charge is 0.0163 e. The first-order valence-corrected chi connectivity index (χ1v) is 21.9. The van der Waals surface area contributed by atoms with E-state index in [1.54, 1.807) is 0 Å². The molecule has 0 aromatic rings. The van der Waals surface area contributed by atoms with Crippen LogP contribution in [0.3, 0.4) is 0 Å². The molecular formula is C44H90N2. The van der Waals surface area contributed by atoms with Crippen molar-refractivity contribution >= 4 is 0 Å². The topological polar surface area (TPSA) is 6.48 Å². The number of unbranched alkanes of at least 4 members (excludes halogenated alkanes) is 28. The zero-order valence-corrected chi connectivity index (χ0v) is 32.9. The van der Waals surface area contributed by atoms with Gasteiger partial charge in [0.05, 0.1) is 0 Å². The first-order valence-electron chi connectivity index (χ1n) is 21.9. The molecule has 2 nitrogen and oxygen atoms in total. The van der Waals surface area contributed by atoms with Gasteiger partial charge in [-0.15, -0.1) is 0 Å². The lowest BCUT2D eigenvalue weighted by atomic mass is 10.1. The van der Waals surface area contributed by atoms with Crippen molar-refractivity contribution in [3.05, 3.63) is 12.2 Å². The fourth-order valence-electron chi connectivity index (χ4n) is 6.91. The molecule has 0 unspecified atom stereocenters. The summed E-state index contributed by atoms with van der Waals surface area (Å²) >= 11 is 0. The normalized spacial score (nSPS) is 12.0. The Morgan fingerprint density at radius 1 is 0.239 bits per heavy atom. The molecule has 0 fully saturated rings. The fraction of sp³-hybridized carbons (Fsp3) is 0.955. The van der Waals surface area contributed by atoms with Crippen molar-refractivity contribution < 1.29 is 0 Å². The Hall–Kier alpha value is -0.340. The predicted molar refractivity (Wildman–Crippen MR) is 212 cm³/mol. The van der Waals surface area contributed by atoms with Crippen molar-refractivity contribution in [1.82, 2.24) is 9.80 Å². The second-order valence-electron chi connectivity index (χ2n) is 15.0. The van der Waals surface area contributed by atoms with Gasteiger partial charge in [-0.05, 0) is 51.9 Å². The first kappa shape index (κ1) is 45.7. The SMILES string of the molecule is CCCCCCCCCCN(CC=CCN(CCCCCCCCCC)CCCCCCCCCC)CCCCCCCCCC. The van der Waals surface area contributed by atoms with Crippen LogP contribution in [0.2, 0.25) is 0 Å². The fourth-order valence-corrected chi connectivity index (χ4v) is 6.91. The molecule has 0 atom stereocenters. The van der Waals surface area contributed by atoms with Gasteiger partial charge in [0, 0.05) is 13.1 Å². The molecule has 0 aliphatic heterocycles. The highest BCUT2D eigenvalue weighted by molar-refractivity contribution is 4.88. The van der Waals surface area contributed by atoms with E-state index in [9.17, 15) is 0 Å². The summed E-state index contributed by atoms with van der Waals surface area (Å²) in [5, 5.41) is 0. The van der Waals surface area contributed by atoms with Crippen LogP contribution in [0.4, 0.5) is 0 Å². The largest absolute Gasteiger partial charge is 0.300 e. The van der Waals surface area contributed by atoms with Gasteiger partial charge in [-0.3, -0.25) is 9.80 Å². The van der Waals surface area contributed by atoms with Crippen LogP contribution < -0.4 is 0 Å². The molecule has 0 saturated heterocycles. The third kappa shape index (κ3) is 36.5. The molecule has 276 valence electrons. The molecule has 0 aliphatic carbocycles. The molecule has 2 heteroatoms. The summed E-state index contributed by atoms with van der Waals surface area (Å²) in [7, 11) is 0. The molecule has 0 amide bonds. The van der Waals surface area contributed by atoms with E-state index >= 15 is 0 Å². The van der Waals surface area contributed by atoms with Gasteiger partial charge in [0.2, 0.25) is 0 Å². The molecule has 0 aromatic heterocycles. The summed E-state index contributed by atoms with van der Waals surface area (Å²) in [6.45, 7) is 16.8. The molecule has 0 spiro atoms. The number of hydrogen-bond donors (Lipinski definition) is 0. The van der Waals surface area contributed by atoms with Crippen molar-refractivity contribution in [1.29, 1.82) is 0 Å². The Labute approximate surface area is 293 Å². The molecule has 0 bridgehead atoms. The van der Waals surface area contributed by atoms with Crippen LogP contribution in [0.5, 0.6) is 0 Å². The summed E-state index contributed by atoms with van der Waals surface area (Å²) < 4.78 is 0. The van der Waals surface area contributed by atoms with Crippen LogP contribution in [-0.4, -0.2) is 49.1 Å². The summed E-state index contributed by atoms with van der Waals surface area (Å²) in [5.41, 5.74) is 0. The second kappa shape index (κ2) is 40.8. The summed E-state index contributed by atoms with van der Waals surface area (Å²) in [6.07, 6.45) is 50.6. The van der Waals surface area contributed by atoms with Gasteiger partial charge in [-0.1, -0.05) is 220 Å². The third-order valence-electron chi connectivity index (χ3n) is 10.2. The molecular weight excluding hydrogens is 556 g/mol. The highest BCUT2D eigenvalue weighted by Gasteiger charge is 2.06. The standard InChI is InChI=1S/C44H90N2/c1-5-9-13-17-21-25-29-33-39-45(40-34-30-26-22-18-14-10-6-2)43-37-38-44-46(41-35-31-27-23-19-15-11-7-3)42-36-32-28-24-20-16-12-8-4/h37-38H,5-36,39-44H2,1-4H3. The van der Waals surface area contributed by atoms with E-state index in [-0.39, 0.29) is 0 Å². The Morgan fingerprint density at radius 3 is 0.609 bits per heavy atom. The van der Waals surface area contributed by atoms with Crippen LogP contribution >= 0.6 is 0 Å². The maximum absolute atomic E-state index is 2.78. The molecule has 0 N–H and O–H groups in total. The van der Waals surface area contributed by atoms with Gasteiger partial charge in [-0.2, -0.15) is 0 Å². The number of rotatable bonds is 40.